The Hall–Kier alpha value is -0.840. The SMILES string of the molecule is CC(=O)SCC(O)C(O)c1c(C(C)C)cccc1C(C)C. The summed E-state index contributed by atoms with van der Waals surface area (Å²) in [6.45, 7) is 9.77. The Morgan fingerprint density at radius 1 is 1.10 bits per heavy atom. The summed E-state index contributed by atoms with van der Waals surface area (Å²) >= 11 is 1.04. The maximum atomic E-state index is 11.0. The number of hydrogen-bond donors (Lipinski definition) is 2. The number of hydrogen-bond acceptors (Lipinski definition) is 4. The summed E-state index contributed by atoms with van der Waals surface area (Å²) in [5, 5.41) is 20.7. The molecular weight excluding hydrogens is 284 g/mol. The monoisotopic (exact) mass is 310 g/mol. The van der Waals surface area contributed by atoms with Gasteiger partial charge in [0.2, 0.25) is 0 Å². The lowest BCUT2D eigenvalue weighted by Gasteiger charge is -2.26. The van der Waals surface area contributed by atoms with Gasteiger partial charge in [0.25, 0.3) is 0 Å². The van der Waals surface area contributed by atoms with Crippen LogP contribution >= 0.6 is 11.8 Å². The summed E-state index contributed by atoms with van der Waals surface area (Å²) in [7, 11) is 0. The van der Waals surface area contributed by atoms with Crippen molar-refractivity contribution in [2.24, 2.45) is 0 Å². The predicted molar refractivity (Wildman–Crippen MR) is 88.7 cm³/mol. The van der Waals surface area contributed by atoms with Gasteiger partial charge < -0.3 is 10.2 Å². The molecule has 118 valence electrons. The van der Waals surface area contributed by atoms with Crippen LogP contribution in [0.15, 0.2) is 18.2 Å². The first kappa shape index (κ1) is 18.2. The van der Waals surface area contributed by atoms with E-state index in [1.54, 1.807) is 0 Å². The molecule has 1 aromatic rings. The molecule has 0 radical (unpaired) electrons. The van der Waals surface area contributed by atoms with Crippen LogP contribution in [0.5, 0.6) is 0 Å². The first-order valence-corrected chi connectivity index (χ1v) is 8.36. The third kappa shape index (κ3) is 4.83. The van der Waals surface area contributed by atoms with Crippen LogP contribution in [0.3, 0.4) is 0 Å². The van der Waals surface area contributed by atoms with Crippen LogP contribution in [-0.2, 0) is 4.79 Å². The number of carbonyl (C=O) groups is 1. The smallest absolute Gasteiger partial charge is 0.185 e. The summed E-state index contributed by atoms with van der Waals surface area (Å²) in [6, 6.07) is 6.00. The first-order chi connectivity index (χ1) is 9.75. The van der Waals surface area contributed by atoms with Gasteiger partial charge in [0, 0.05) is 12.7 Å². The van der Waals surface area contributed by atoms with E-state index in [1.165, 1.54) is 6.92 Å². The van der Waals surface area contributed by atoms with Gasteiger partial charge in [-0.2, -0.15) is 0 Å². The summed E-state index contributed by atoms with van der Waals surface area (Å²) in [4.78, 5) is 11.0. The van der Waals surface area contributed by atoms with E-state index in [4.69, 9.17) is 0 Å². The first-order valence-electron chi connectivity index (χ1n) is 7.37. The molecule has 0 spiro atoms. The lowest BCUT2D eigenvalue weighted by Crippen LogP contribution is -2.24. The average Bonchev–Trinajstić information content (AvgIpc) is 2.42. The van der Waals surface area contributed by atoms with Gasteiger partial charge in [-0.3, -0.25) is 4.79 Å². The Kier molecular flexibility index (Phi) is 6.91. The molecule has 2 N–H and O–H groups in total. The Morgan fingerprint density at radius 2 is 1.57 bits per heavy atom. The second-order valence-corrected chi connectivity index (χ2v) is 7.17. The lowest BCUT2D eigenvalue weighted by molar-refractivity contribution is -0.109. The van der Waals surface area contributed by atoms with Gasteiger partial charge in [-0.1, -0.05) is 57.7 Å². The van der Waals surface area contributed by atoms with E-state index >= 15 is 0 Å². The van der Waals surface area contributed by atoms with Crippen molar-refractivity contribution in [3.05, 3.63) is 34.9 Å². The van der Waals surface area contributed by atoms with Crippen LogP contribution in [0.1, 0.15) is 69.2 Å². The fraction of sp³-hybridized carbons (Fsp3) is 0.588. The van der Waals surface area contributed by atoms with Gasteiger partial charge in [-0.05, 0) is 28.5 Å². The molecule has 0 saturated heterocycles. The van der Waals surface area contributed by atoms with Crippen molar-refractivity contribution in [1.82, 2.24) is 0 Å². The maximum absolute atomic E-state index is 11.0. The van der Waals surface area contributed by atoms with Gasteiger partial charge in [0.15, 0.2) is 5.12 Å². The molecule has 0 saturated carbocycles. The third-order valence-electron chi connectivity index (χ3n) is 3.54. The van der Waals surface area contributed by atoms with Crippen molar-refractivity contribution in [3.63, 3.8) is 0 Å². The zero-order valence-corrected chi connectivity index (χ0v) is 14.3. The van der Waals surface area contributed by atoms with Crippen molar-refractivity contribution in [3.8, 4) is 0 Å². The minimum absolute atomic E-state index is 0.0533. The topological polar surface area (TPSA) is 57.5 Å². The minimum atomic E-state index is -0.965. The fourth-order valence-corrected chi connectivity index (χ4v) is 3.02. The van der Waals surface area contributed by atoms with E-state index < -0.39 is 12.2 Å². The Bertz CT molecular complexity index is 457. The highest BCUT2D eigenvalue weighted by Gasteiger charge is 2.26. The summed E-state index contributed by atoms with van der Waals surface area (Å²) < 4.78 is 0. The average molecular weight is 310 g/mol. The summed E-state index contributed by atoms with van der Waals surface area (Å²) in [5.41, 5.74) is 2.93. The predicted octanol–water partition coefficient (Wildman–Crippen LogP) is 3.61. The van der Waals surface area contributed by atoms with E-state index in [0.29, 0.717) is 0 Å². The van der Waals surface area contributed by atoms with Gasteiger partial charge in [-0.15, -0.1) is 0 Å². The quantitative estimate of drug-likeness (QED) is 0.843. The Labute approximate surface area is 131 Å². The van der Waals surface area contributed by atoms with Crippen LogP contribution in [0, 0.1) is 0 Å². The Morgan fingerprint density at radius 3 is 1.95 bits per heavy atom. The van der Waals surface area contributed by atoms with Gasteiger partial charge in [0.05, 0.1) is 6.10 Å². The number of aliphatic hydroxyl groups excluding tert-OH is 2. The molecule has 0 fully saturated rings. The molecule has 2 unspecified atom stereocenters. The van der Waals surface area contributed by atoms with Crippen molar-refractivity contribution < 1.29 is 15.0 Å². The number of thioether (sulfide) groups is 1. The molecule has 0 aliphatic rings. The highest BCUT2D eigenvalue weighted by molar-refractivity contribution is 8.13. The molecule has 1 rings (SSSR count). The van der Waals surface area contributed by atoms with Gasteiger partial charge in [0.1, 0.15) is 6.10 Å². The van der Waals surface area contributed by atoms with Crippen LogP contribution in [0.2, 0.25) is 0 Å². The molecule has 0 aromatic heterocycles. The zero-order valence-electron chi connectivity index (χ0n) is 13.5. The number of benzene rings is 1. The maximum Gasteiger partial charge on any atom is 0.185 e. The highest BCUT2D eigenvalue weighted by Crippen LogP contribution is 2.34. The lowest BCUT2D eigenvalue weighted by atomic mass is 9.85. The number of aliphatic hydroxyl groups is 2. The van der Waals surface area contributed by atoms with Crippen molar-refractivity contribution >= 4 is 16.9 Å². The molecule has 0 amide bonds. The molecule has 0 aliphatic carbocycles. The molecule has 1 aromatic carbocycles. The van der Waals surface area contributed by atoms with E-state index in [2.05, 4.69) is 27.7 Å². The molecule has 0 heterocycles. The number of carbonyl (C=O) groups excluding carboxylic acids is 1. The molecule has 4 heteroatoms. The van der Waals surface area contributed by atoms with Gasteiger partial charge in [-0.25, -0.2) is 0 Å². The van der Waals surface area contributed by atoms with Crippen LogP contribution in [-0.4, -0.2) is 27.2 Å². The highest BCUT2D eigenvalue weighted by atomic mass is 32.2. The second-order valence-electron chi connectivity index (χ2n) is 5.97. The van der Waals surface area contributed by atoms with Crippen molar-refractivity contribution in [2.75, 3.05) is 5.75 Å². The normalized spacial score (nSPS) is 14.5. The van der Waals surface area contributed by atoms with Gasteiger partial charge >= 0.3 is 0 Å². The Balaban J connectivity index is 3.16. The molecule has 21 heavy (non-hydrogen) atoms. The molecule has 2 atom stereocenters. The summed E-state index contributed by atoms with van der Waals surface area (Å²) in [6.07, 6.45) is -1.91. The number of rotatable bonds is 6. The van der Waals surface area contributed by atoms with E-state index in [9.17, 15) is 15.0 Å². The molecule has 0 bridgehead atoms. The summed E-state index contributed by atoms with van der Waals surface area (Å²) in [5.74, 6) is 0.738. The third-order valence-corrected chi connectivity index (χ3v) is 4.45. The van der Waals surface area contributed by atoms with E-state index in [-0.39, 0.29) is 22.7 Å². The van der Waals surface area contributed by atoms with E-state index in [1.807, 2.05) is 18.2 Å². The largest absolute Gasteiger partial charge is 0.389 e. The van der Waals surface area contributed by atoms with Crippen molar-refractivity contribution in [2.45, 2.75) is 58.7 Å². The molecule has 0 aliphatic heterocycles. The standard InChI is InChI=1S/C17H26O3S/c1-10(2)13-7-6-8-14(11(3)4)16(13)17(20)15(19)9-21-12(5)18/h6-8,10-11,15,17,19-20H,9H2,1-5H3. The molecule has 3 nitrogen and oxygen atoms in total. The van der Waals surface area contributed by atoms with Crippen LogP contribution in [0.25, 0.3) is 0 Å². The fourth-order valence-electron chi connectivity index (χ4n) is 2.44. The van der Waals surface area contributed by atoms with Crippen molar-refractivity contribution in [1.29, 1.82) is 0 Å². The molecular formula is C17H26O3S. The van der Waals surface area contributed by atoms with E-state index in [0.717, 1.165) is 28.5 Å². The minimum Gasteiger partial charge on any atom is -0.389 e. The van der Waals surface area contributed by atoms with Crippen LogP contribution < -0.4 is 0 Å². The second kappa shape index (κ2) is 7.97. The zero-order chi connectivity index (χ0) is 16.2. The van der Waals surface area contributed by atoms with Crippen LogP contribution in [0.4, 0.5) is 0 Å².